The van der Waals surface area contributed by atoms with E-state index in [1.54, 1.807) is 19.1 Å². The molecule has 0 saturated carbocycles. The molecule has 1 aliphatic heterocycles. The molecule has 1 aliphatic rings. The van der Waals surface area contributed by atoms with Crippen LogP contribution >= 0.6 is 15.9 Å². The molecule has 0 radical (unpaired) electrons. The summed E-state index contributed by atoms with van der Waals surface area (Å²) in [4.78, 5) is 37.5. The van der Waals surface area contributed by atoms with Gasteiger partial charge in [0, 0.05) is 4.47 Å². The van der Waals surface area contributed by atoms with Gasteiger partial charge in [-0.2, -0.15) is 0 Å². The highest BCUT2D eigenvalue weighted by atomic mass is 79.9. The molecule has 3 rings (SSSR count). The van der Waals surface area contributed by atoms with Crippen LogP contribution in [-0.4, -0.2) is 29.2 Å². The maximum absolute atomic E-state index is 13.8. The van der Waals surface area contributed by atoms with Crippen LogP contribution in [0.25, 0.3) is 0 Å². The SMILES string of the molecule is Cc1ccc(NC(=O)CN2C(=O)c3ccc(Br)cc3C2=O)c(F)c1. The van der Waals surface area contributed by atoms with Crippen LogP contribution in [0.4, 0.5) is 10.1 Å². The second kappa shape index (κ2) is 6.16. The number of hydrogen-bond acceptors (Lipinski definition) is 3. The summed E-state index contributed by atoms with van der Waals surface area (Å²) in [5, 5.41) is 2.37. The van der Waals surface area contributed by atoms with Crippen LogP contribution < -0.4 is 5.32 Å². The lowest BCUT2D eigenvalue weighted by molar-refractivity contribution is -0.116. The van der Waals surface area contributed by atoms with Gasteiger partial charge in [-0.3, -0.25) is 19.3 Å². The number of nitrogens with zero attached hydrogens (tertiary/aromatic N) is 1. The zero-order valence-corrected chi connectivity index (χ0v) is 14.2. The summed E-state index contributed by atoms with van der Waals surface area (Å²) in [5.41, 5.74) is 1.21. The van der Waals surface area contributed by atoms with Gasteiger partial charge in [-0.05, 0) is 42.8 Å². The number of carbonyl (C=O) groups excluding carboxylic acids is 3. The van der Waals surface area contributed by atoms with Gasteiger partial charge in [-0.25, -0.2) is 4.39 Å². The largest absolute Gasteiger partial charge is 0.322 e. The van der Waals surface area contributed by atoms with E-state index in [0.29, 0.717) is 4.47 Å². The first-order valence-corrected chi connectivity index (χ1v) is 7.88. The van der Waals surface area contributed by atoms with Crippen molar-refractivity contribution in [3.8, 4) is 0 Å². The van der Waals surface area contributed by atoms with E-state index in [-0.39, 0.29) is 16.8 Å². The van der Waals surface area contributed by atoms with Crippen molar-refractivity contribution in [1.29, 1.82) is 0 Å². The monoisotopic (exact) mass is 390 g/mol. The summed E-state index contributed by atoms with van der Waals surface area (Å²) >= 11 is 3.24. The lowest BCUT2D eigenvalue weighted by atomic mass is 10.1. The van der Waals surface area contributed by atoms with Crippen molar-refractivity contribution < 1.29 is 18.8 Å². The van der Waals surface area contributed by atoms with E-state index >= 15 is 0 Å². The predicted molar refractivity (Wildman–Crippen MR) is 89.3 cm³/mol. The molecular weight excluding hydrogens is 379 g/mol. The molecule has 3 amide bonds. The molecule has 1 N–H and O–H groups in total. The van der Waals surface area contributed by atoms with Crippen molar-refractivity contribution in [2.45, 2.75) is 6.92 Å². The second-order valence-corrected chi connectivity index (χ2v) is 6.33. The minimum atomic E-state index is -0.647. The Balaban J connectivity index is 1.76. The third-order valence-corrected chi connectivity index (χ3v) is 4.13. The minimum Gasteiger partial charge on any atom is -0.322 e. The zero-order chi connectivity index (χ0) is 17.4. The van der Waals surface area contributed by atoms with Crippen molar-refractivity contribution >= 4 is 39.3 Å². The van der Waals surface area contributed by atoms with Gasteiger partial charge >= 0.3 is 0 Å². The summed E-state index contributed by atoms with van der Waals surface area (Å²) in [6, 6.07) is 9.08. The molecule has 0 spiro atoms. The highest BCUT2D eigenvalue weighted by molar-refractivity contribution is 9.10. The van der Waals surface area contributed by atoms with Crippen LogP contribution in [0.1, 0.15) is 26.3 Å². The van der Waals surface area contributed by atoms with Gasteiger partial charge in [0.05, 0.1) is 16.8 Å². The number of hydrogen-bond donors (Lipinski definition) is 1. The van der Waals surface area contributed by atoms with Crippen LogP contribution in [0.5, 0.6) is 0 Å². The highest BCUT2D eigenvalue weighted by Crippen LogP contribution is 2.26. The van der Waals surface area contributed by atoms with Gasteiger partial charge in [0.15, 0.2) is 0 Å². The molecule has 0 bridgehead atoms. The number of fused-ring (bicyclic) bond motifs is 1. The van der Waals surface area contributed by atoms with Crippen molar-refractivity contribution in [2.75, 3.05) is 11.9 Å². The topological polar surface area (TPSA) is 66.5 Å². The third-order valence-electron chi connectivity index (χ3n) is 3.63. The van der Waals surface area contributed by atoms with E-state index in [0.717, 1.165) is 10.5 Å². The van der Waals surface area contributed by atoms with Gasteiger partial charge < -0.3 is 5.32 Å². The molecule has 122 valence electrons. The third kappa shape index (κ3) is 2.94. The summed E-state index contributed by atoms with van der Waals surface area (Å²) < 4.78 is 14.4. The summed E-state index contributed by atoms with van der Waals surface area (Å²) in [6.07, 6.45) is 0. The van der Waals surface area contributed by atoms with Crippen molar-refractivity contribution in [2.24, 2.45) is 0 Å². The van der Waals surface area contributed by atoms with Crippen molar-refractivity contribution in [3.63, 3.8) is 0 Å². The Morgan fingerprint density at radius 2 is 1.83 bits per heavy atom. The van der Waals surface area contributed by atoms with E-state index in [4.69, 9.17) is 0 Å². The number of aryl methyl sites for hydroxylation is 1. The van der Waals surface area contributed by atoms with Crippen LogP contribution in [0.3, 0.4) is 0 Å². The van der Waals surface area contributed by atoms with Crippen LogP contribution in [0.15, 0.2) is 40.9 Å². The molecule has 2 aromatic rings. The fourth-order valence-corrected chi connectivity index (χ4v) is 2.82. The smallest absolute Gasteiger partial charge is 0.262 e. The molecule has 0 aromatic heterocycles. The van der Waals surface area contributed by atoms with Gasteiger partial charge in [0.25, 0.3) is 11.8 Å². The molecule has 7 heteroatoms. The number of carbonyl (C=O) groups is 3. The van der Waals surface area contributed by atoms with Crippen LogP contribution in [-0.2, 0) is 4.79 Å². The molecular formula is C17H12BrFN2O3. The zero-order valence-electron chi connectivity index (χ0n) is 12.6. The average Bonchev–Trinajstić information content (AvgIpc) is 2.75. The Labute approximate surface area is 145 Å². The first-order chi connectivity index (χ1) is 11.4. The molecule has 0 unspecified atom stereocenters. The average molecular weight is 391 g/mol. The van der Waals surface area contributed by atoms with E-state index < -0.39 is 30.1 Å². The molecule has 5 nitrogen and oxygen atoms in total. The van der Waals surface area contributed by atoms with Crippen LogP contribution in [0, 0.1) is 12.7 Å². The van der Waals surface area contributed by atoms with Crippen molar-refractivity contribution in [1.82, 2.24) is 4.90 Å². The molecule has 0 atom stereocenters. The van der Waals surface area contributed by atoms with Crippen molar-refractivity contribution in [3.05, 3.63) is 63.4 Å². The fourth-order valence-electron chi connectivity index (χ4n) is 2.46. The minimum absolute atomic E-state index is 0.00459. The summed E-state index contributed by atoms with van der Waals surface area (Å²) in [5.74, 6) is -2.31. The van der Waals surface area contributed by atoms with Gasteiger partial charge in [0.2, 0.25) is 5.91 Å². The first-order valence-electron chi connectivity index (χ1n) is 7.08. The molecule has 1 heterocycles. The lowest BCUT2D eigenvalue weighted by Crippen LogP contribution is -2.37. The Kier molecular flexibility index (Phi) is 4.19. The fraction of sp³-hybridized carbons (Fsp3) is 0.118. The second-order valence-electron chi connectivity index (χ2n) is 5.42. The van der Waals surface area contributed by atoms with Crippen LogP contribution in [0.2, 0.25) is 0 Å². The van der Waals surface area contributed by atoms with Gasteiger partial charge in [0.1, 0.15) is 12.4 Å². The Bertz CT molecular complexity index is 882. The predicted octanol–water partition coefficient (Wildman–Crippen LogP) is 3.13. The Morgan fingerprint density at radius 1 is 1.12 bits per heavy atom. The number of imide groups is 1. The Morgan fingerprint density at radius 3 is 2.54 bits per heavy atom. The quantitative estimate of drug-likeness (QED) is 0.818. The highest BCUT2D eigenvalue weighted by Gasteiger charge is 2.36. The van der Waals surface area contributed by atoms with E-state index in [1.807, 2.05) is 0 Å². The first kappa shape index (κ1) is 16.3. The molecule has 0 fully saturated rings. The number of halogens is 2. The van der Waals surface area contributed by atoms with Gasteiger partial charge in [-0.15, -0.1) is 0 Å². The standard InChI is InChI=1S/C17H12BrFN2O3/c1-9-2-5-14(13(19)6-9)20-15(22)8-21-16(23)11-4-3-10(18)7-12(11)17(21)24/h2-7H,8H2,1H3,(H,20,22). The number of anilines is 1. The molecule has 0 aliphatic carbocycles. The maximum atomic E-state index is 13.8. The number of benzene rings is 2. The molecule has 24 heavy (non-hydrogen) atoms. The summed E-state index contributed by atoms with van der Waals surface area (Å²) in [7, 11) is 0. The van der Waals surface area contributed by atoms with E-state index in [2.05, 4.69) is 21.2 Å². The summed E-state index contributed by atoms with van der Waals surface area (Å²) in [6.45, 7) is 1.25. The van der Waals surface area contributed by atoms with E-state index in [9.17, 15) is 18.8 Å². The normalized spacial score (nSPS) is 13.2. The lowest BCUT2D eigenvalue weighted by Gasteiger charge is -2.14. The van der Waals surface area contributed by atoms with E-state index in [1.165, 1.54) is 24.3 Å². The Hall–Kier alpha value is -2.54. The maximum Gasteiger partial charge on any atom is 0.262 e. The van der Waals surface area contributed by atoms with Gasteiger partial charge in [-0.1, -0.05) is 22.0 Å². The molecule has 0 saturated heterocycles. The number of nitrogens with one attached hydrogen (secondary N) is 1. The molecule has 2 aromatic carbocycles. The number of amides is 3. The number of rotatable bonds is 3.